The van der Waals surface area contributed by atoms with Gasteiger partial charge in [-0.2, -0.15) is 0 Å². The third kappa shape index (κ3) is 28.3. The van der Waals surface area contributed by atoms with E-state index in [1.165, 1.54) is 141 Å². The molecule has 0 N–H and O–H groups in total. The second-order valence-electron chi connectivity index (χ2n) is 13.6. The van der Waals surface area contributed by atoms with Crippen molar-refractivity contribution in [3.05, 3.63) is 0 Å². The van der Waals surface area contributed by atoms with Gasteiger partial charge in [-0.3, -0.25) is 14.4 Å². The van der Waals surface area contributed by atoms with Gasteiger partial charge >= 0.3 is 5.97 Å². The monoisotopic (exact) mass is 621 g/mol. The summed E-state index contributed by atoms with van der Waals surface area (Å²) >= 11 is 0. The molecule has 0 aliphatic rings. The Labute approximate surface area is 275 Å². The summed E-state index contributed by atoms with van der Waals surface area (Å²) in [4.78, 5) is 38.5. The molecular weight excluding hydrogens is 544 g/mol. The van der Waals surface area contributed by atoms with Gasteiger partial charge in [-0.25, -0.2) is 0 Å². The minimum Gasteiger partial charge on any atom is -0.465 e. The van der Waals surface area contributed by atoms with E-state index in [4.69, 9.17) is 4.74 Å². The molecule has 0 aromatic heterocycles. The summed E-state index contributed by atoms with van der Waals surface area (Å²) in [7, 11) is 0. The molecule has 4 heteroatoms. The number of carbonyl (C=O) groups excluding carboxylic acids is 3. The summed E-state index contributed by atoms with van der Waals surface area (Å²) in [6.45, 7) is 6.92. The Morgan fingerprint density at radius 1 is 0.409 bits per heavy atom. The van der Waals surface area contributed by atoms with Crippen LogP contribution in [0.15, 0.2) is 0 Å². The highest BCUT2D eigenvalue weighted by Gasteiger charge is 2.31. The second-order valence-corrected chi connectivity index (χ2v) is 13.6. The predicted molar refractivity (Wildman–Crippen MR) is 189 cm³/mol. The zero-order chi connectivity index (χ0) is 32.4. The van der Waals surface area contributed by atoms with E-state index in [-0.39, 0.29) is 12.2 Å². The van der Waals surface area contributed by atoms with Crippen LogP contribution in [-0.2, 0) is 19.1 Å². The molecule has 0 saturated carbocycles. The Balaban J connectivity index is 4.06. The van der Waals surface area contributed by atoms with Gasteiger partial charge in [0.15, 0.2) is 5.78 Å². The van der Waals surface area contributed by atoms with Gasteiger partial charge in [0.1, 0.15) is 5.92 Å². The lowest BCUT2D eigenvalue weighted by molar-refractivity contribution is -0.155. The van der Waals surface area contributed by atoms with Crippen LogP contribution in [0, 0.1) is 5.92 Å². The van der Waals surface area contributed by atoms with Crippen LogP contribution >= 0.6 is 0 Å². The third-order valence-corrected chi connectivity index (χ3v) is 9.22. The van der Waals surface area contributed by atoms with Crippen LogP contribution in [0.5, 0.6) is 0 Å². The minimum atomic E-state index is -0.900. The fourth-order valence-corrected chi connectivity index (χ4v) is 6.11. The first-order valence-corrected chi connectivity index (χ1v) is 19.8. The number of esters is 1. The maximum Gasteiger partial charge on any atom is 0.316 e. The Kier molecular flexibility index (Phi) is 33.7. The van der Waals surface area contributed by atoms with E-state index in [2.05, 4.69) is 13.8 Å². The van der Waals surface area contributed by atoms with Crippen molar-refractivity contribution in [1.82, 2.24) is 0 Å². The van der Waals surface area contributed by atoms with Crippen molar-refractivity contribution >= 4 is 17.5 Å². The average molecular weight is 621 g/mol. The molecule has 1 atom stereocenters. The number of hydrogen-bond donors (Lipinski definition) is 0. The molecule has 0 fully saturated rings. The summed E-state index contributed by atoms with van der Waals surface area (Å²) in [5.74, 6) is -2.25. The molecule has 0 aromatic carbocycles. The van der Waals surface area contributed by atoms with Crippen molar-refractivity contribution < 1.29 is 19.1 Å². The fourth-order valence-electron chi connectivity index (χ4n) is 6.11. The first-order valence-electron chi connectivity index (χ1n) is 19.8. The number of Topliss-reactive ketones (excluding diaryl/α,β-unsaturated/α-hetero) is 2. The number of carbonyl (C=O) groups is 3. The summed E-state index contributed by atoms with van der Waals surface area (Å²) in [5, 5.41) is 0. The zero-order valence-corrected chi connectivity index (χ0v) is 30.0. The molecule has 1 unspecified atom stereocenters. The first-order chi connectivity index (χ1) is 21.6. The van der Waals surface area contributed by atoms with Gasteiger partial charge in [0.25, 0.3) is 0 Å². The van der Waals surface area contributed by atoms with Crippen molar-refractivity contribution in [3.8, 4) is 0 Å². The molecule has 0 radical (unpaired) electrons. The molecule has 4 nitrogen and oxygen atoms in total. The molecule has 0 amide bonds. The highest BCUT2D eigenvalue weighted by molar-refractivity contribution is 6.41. The number of unbranched alkanes of at least 4 members (excludes halogenated alkanes) is 27. The highest BCUT2D eigenvalue weighted by Crippen LogP contribution is 2.19. The summed E-state index contributed by atoms with van der Waals surface area (Å²) in [5.41, 5.74) is 0. The van der Waals surface area contributed by atoms with Crippen LogP contribution < -0.4 is 0 Å². The Hall–Kier alpha value is -1.19. The molecule has 0 aromatic rings. The van der Waals surface area contributed by atoms with E-state index < -0.39 is 17.7 Å². The summed E-state index contributed by atoms with van der Waals surface area (Å²) in [6.07, 6.45) is 37.8. The zero-order valence-electron chi connectivity index (χ0n) is 30.0. The Morgan fingerprint density at radius 2 is 0.727 bits per heavy atom. The van der Waals surface area contributed by atoms with Crippen LogP contribution in [-0.4, -0.2) is 24.1 Å². The molecular formula is C40H76O4. The lowest BCUT2D eigenvalue weighted by atomic mass is 9.92. The quantitative estimate of drug-likeness (QED) is 0.0302. The van der Waals surface area contributed by atoms with Gasteiger partial charge < -0.3 is 4.74 Å². The topological polar surface area (TPSA) is 60.4 Å². The van der Waals surface area contributed by atoms with Crippen molar-refractivity contribution in [1.29, 1.82) is 0 Å². The van der Waals surface area contributed by atoms with Crippen LogP contribution in [0.3, 0.4) is 0 Å². The van der Waals surface area contributed by atoms with Crippen molar-refractivity contribution in [3.63, 3.8) is 0 Å². The van der Waals surface area contributed by atoms with Crippen molar-refractivity contribution in [2.24, 2.45) is 5.92 Å². The van der Waals surface area contributed by atoms with E-state index in [0.29, 0.717) is 13.0 Å². The molecule has 0 heterocycles. The number of hydrogen-bond acceptors (Lipinski definition) is 4. The van der Waals surface area contributed by atoms with Gasteiger partial charge in [-0.1, -0.05) is 201 Å². The third-order valence-electron chi connectivity index (χ3n) is 9.22. The standard InChI is InChI=1S/C40H76O4/c1-4-7-10-12-14-16-18-20-22-24-26-28-30-32-34-37(40(43)44-36-9-6-3)39(42)38(41)35-33-31-29-27-25-23-21-19-17-15-13-11-8-5-2/h37H,4-36H2,1-3H3. The SMILES string of the molecule is CCCCCCCCCCCCCCCCC(=O)C(=O)C(CCCCCCCCCCCCCCCC)C(=O)OCCCC. The van der Waals surface area contributed by atoms with E-state index in [9.17, 15) is 14.4 Å². The van der Waals surface area contributed by atoms with Crippen LogP contribution in [0.4, 0.5) is 0 Å². The maximum absolute atomic E-state index is 13.0. The maximum atomic E-state index is 13.0. The molecule has 0 bridgehead atoms. The van der Waals surface area contributed by atoms with E-state index in [1.807, 2.05) is 6.92 Å². The van der Waals surface area contributed by atoms with Gasteiger partial charge in [0.05, 0.1) is 6.61 Å². The van der Waals surface area contributed by atoms with Crippen molar-refractivity contribution in [2.45, 2.75) is 226 Å². The van der Waals surface area contributed by atoms with E-state index in [0.717, 1.165) is 51.4 Å². The Morgan fingerprint density at radius 3 is 1.09 bits per heavy atom. The van der Waals surface area contributed by atoms with Gasteiger partial charge in [0.2, 0.25) is 5.78 Å². The van der Waals surface area contributed by atoms with Gasteiger partial charge in [-0.05, 0) is 19.3 Å². The minimum absolute atomic E-state index is 0.272. The Bertz CT molecular complexity index is 643. The molecule has 0 aliphatic carbocycles. The molecule has 260 valence electrons. The van der Waals surface area contributed by atoms with Gasteiger partial charge in [-0.15, -0.1) is 0 Å². The lowest BCUT2D eigenvalue weighted by Gasteiger charge is -2.14. The summed E-state index contributed by atoms with van der Waals surface area (Å²) < 4.78 is 5.40. The van der Waals surface area contributed by atoms with Crippen LogP contribution in [0.25, 0.3) is 0 Å². The van der Waals surface area contributed by atoms with Crippen molar-refractivity contribution in [2.75, 3.05) is 6.61 Å². The van der Waals surface area contributed by atoms with E-state index >= 15 is 0 Å². The molecule has 44 heavy (non-hydrogen) atoms. The molecule has 0 aliphatic heterocycles. The number of ether oxygens (including phenoxy) is 1. The van der Waals surface area contributed by atoms with Gasteiger partial charge in [0, 0.05) is 6.42 Å². The lowest BCUT2D eigenvalue weighted by Crippen LogP contribution is -2.32. The normalized spacial score (nSPS) is 12.0. The van der Waals surface area contributed by atoms with E-state index in [1.54, 1.807) is 0 Å². The predicted octanol–water partition coefficient (Wildman–Crippen LogP) is 12.8. The number of rotatable bonds is 36. The smallest absolute Gasteiger partial charge is 0.316 e. The highest BCUT2D eigenvalue weighted by atomic mass is 16.5. The summed E-state index contributed by atoms with van der Waals surface area (Å²) in [6, 6.07) is 0. The fraction of sp³-hybridized carbons (Fsp3) is 0.925. The second kappa shape index (κ2) is 34.7. The van der Waals surface area contributed by atoms with Crippen LogP contribution in [0.2, 0.25) is 0 Å². The van der Waals surface area contributed by atoms with Crippen LogP contribution in [0.1, 0.15) is 226 Å². The average Bonchev–Trinajstić information content (AvgIpc) is 3.02. The number of ketones is 2. The largest absolute Gasteiger partial charge is 0.465 e. The molecule has 0 rings (SSSR count). The molecule has 0 spiro atoms. The molecule has 0 saturated heterocycles. The first kappa shape index (κ1) is 42.8.